The first-order chi connectivity index (χ1) is 12.6. The molecule has 0 aromatic heterocycles. The van der Waals surface area contributed by atoms with E-state index in [0.29, 0.717) is 25.1 Å². The van der Waals surface area contributed by atoms with Gasteiger partial charge in [0.25, 0.3) is 0 Å². The molecule has 0 aromatic rings. The van der Waals surface area contributed by atoms with Crippen LogP contribution in [0, 0.1) is 5.92 Å². The topological polar surface area (TPSA) is 82.7 Å². The van der Waals surface area contributed by atoms with E-state index in [9.17, 15) is 9.59 Å². The smallest absolute Gasteiger partial charge is 0.324 e. The summed E-state index contributed by atoms with van der Waals surface area (Å²) in [5, 5.41) is 3.38. The van der Waals surface area contributed by atoms with Gasteiger partial charge in [-0.1, -0.05) is 19.3 Å². The first-order valence-corrected chi connectivity index (χ1v) is 11.0. The minimum Gasteiger partial charge on any atom is -0.463 e. The molecule has 3 rings (SSSR count). The van der Waals surface area contributed by atoms with Gasteiger partial charge in [-0.25, -0.2) is 5.43 Å². The van der Waals surface area contributed by atoms with Crippen molar-refractivity contribution in [3.8, 4) is 0 Å². The molecule has 3 fully saturated rings. The lowest BCUT2D eigenvalue weighted by molar-refractivity contribution is -0.146. The van der Waals surface area contributed by atoms with Crippen LogP contribution in [0.3, 0.4) is 0 Å². The molecule has 4 atom stereocenters. The van der Waals surface area contributed by atoms with Crippen LogP contribution in [-0.4, -0.2) is 59.3 Å². The lowest BCUT2D eigenvalue weighted by atomic mass is 9.82. The van der Waals surface area contributed by atoms with E-state index in [1.165, 1.54) is 32.1 Å². The van der Waals surface area contributed by atoms with E-state index >= 15 is 0 Å². The summed E-state index contributed by atoms with van der Waals surface area (Å²) in [5.41, 5.74) is 6.41. The summed E-state index contributed by atoms with van der Waals surface area (Å²) in [6, 6.07) is 0.216. The van der Waals surface area contributed by atoms with Crippen molar-refractivity contribution in [2.24, 2.45) is 5.92 Å². The highest BCUT2D eigenvalue weighted by molar-refractivity contribution is 8.00. The second-order valence-corrected chi connectivity index (χ2v) is 8.68. The molecule has 3 aliphatic rings. The van der Waals surface area contributed by atoms with Crippen molar-refractivity contribution in [3.05, 3.63) is 0 Å². The fourth-order valence-electron chi connectivity index (χ4n) is 4.20. The Balaban J connectivity index is 1.39. The van der Waals surface area contributed by atoms with Gasteiger partial charge in [0, 0.05) is 25.3 Å². The van der Waals surface area contributed by atoms with Crippen molar-refractivity contribution < 1.29 is 14.3 Å². The molecule has 1 saturated carbocycles. The maximum absolute atomic E-state index is 12.4. The van der Waals surface area contributed by atoms with Gasteiger partial charge in [0.1, 0.15) is 18.1 Å². The number of carbonyl (C=O) groups is 2. The predicted molar refractivity (Wildman–Crippen MR) is 102 cm³/mol. The molecule has 4 unspecified atom stereocenters. The molecular weight excluding hydrogens is 352 g/mol. The Hall–Kier alpha value is -0.830. The number of thioether (sulfide) groups is 1. The fraction of sp³-hybridized carbons (Fsp3) is 0.889. The van der Waals surface area contributed by atoms with E-state index < -0.39 is 0 Å². The number of rotatable bonds is 6. The minimum atomic E-state index is -0.254. The number of carbonyl (C=O) groups excluding carboxylic acids is 2. The molecule has 0 radical (unpaired) electrons. The third kappa shape index (κ3) is 4.91. The Morgan fingerprint density at radius 1 is 1.19 bits per heavy atom. The van der Waals surface area contributed by atoms with Gasteiger partial charge in [0.15, 0.2) is 0 Å². The first-order valence-electron chi connectivity index (χ1n) is 9.91. The zero-order valence-electron chi connectivity index (χ0n) is 15.8. The van der Waals surface area contributed by atoms with Crippen LogP contribution in [0.1, 0.15) is 52.4 Å². The highest BCUT2D eigenvalue weighted by Gasteiger charge is 2.36. The van der Waals surface area contributed by atoms with Crippen molar-refractivity contribution in [1.29, 1.82) is 0 Å². The Morgan fingerprint density at radius 3 is 2.65 bits per heavy atom. The molecule has 8 heteroatoms. The molecule has 0 spiro atoms. The number of amides is 1. The van der Waals surface area contributed by atoms with Gasteiger partial charge in [-0.05, 0) is 32.1 Å². The molecule has 0 bridgehead atoms. The summed E-state index contributed by atoms with van der Waals surface area (Å²) in [7, 11) is 0. The lowest BCUT2D eigenvalue weighted by Gasteiger charge is -2.26. The van der Waals surface area contributed by atoms with E-state index in [0.717, 1.165) is 12.2 Å². The fourth-order valence-corrected chi connectivity index (χ4v) is 5.57. The SMILES string of the molecule is CCN(C(C)=O)C1NC(COC(=O)C2CC(C3CCCCC3)NN2)CS1. The van der Waals surface area contributed by atoms with Gasteiger partial charge in [-0.3, -0.25) is 20.3 Å². The van der Waals surface area contributed by atoms with E-state index in [4.69, 9.17) is 4.74 Å². The van der Waals surface area contributed by atoms with Gasteiger partial charge in [0.05, 0.1) is 6.04 Å². The summed E-state index contributed by atoms with van der Waals surface area (Å²) in [5.74, 6) is 1.40. The third-order valence-corrected chi connectivity index (χ3v) is 7.03. The standard InChI is InChI=1S/C18H32N4O3S/c1-3-22(12(2)23)18-19-14(11-26-18)10-25-17(24)16-9-15(20-21-16)13-7-5-4-6-8-13/h13-16,18-21H,3-11H2,1-2H3. The van der Waals surface area contributed by atoms with Crippen LogP contribution in [0.25, 0.3) is 0 Å². The van der Waals surface area contributed by atoms with Crippen LogP contribution < -0.4 is 16.2 Å². The van der Waals surface area contributed by atoms with Gasteiger partial charge in [0.2, 0.25) is 5.91 Å². The van der Waals surface area contributed by atoms with Crippen LogP contribution >= 0.6 is 11.8 Å². The molecule has 7 nitrogen and oxygen atoms in total. The molecule has 2 heterocycles. The lowest BCUT2D eigenvalue weighted by Crippen LogP contribution is -2.47. The van der Waals surface area contributed by atoms with Crippen molar-refractivity contribution in [2.75, 3.05) is 18.9 Å². The van der Waals surface area contributed by atoms with Crippen LogP contribution in [0.4, 0.5) is 0 Å². The van der Waals surface area contributed by atoms with Crippen LogP contribution in [-0.2, 0) is 14.3 Å². The predicted octanol–water partition coefficient (Wildman–Crippen LogP) is 1.20. The van der Waals surface area contributed by atoms with E-state index in [-0.39, 0.29) is 29.5 Å². The number of ether oxygens (including phenoxy) is 1. The van der Waals surface area contributed by atoms with Crippen molar-refractivity contribution in [2.45, 2.75) is 76.0 Å². The summed E-state index contributed by atoms with van der Waals surface area (Å²) in [6.07, 6.45) is 7.28. The zero-order valence-corrected chi connectivity index (χ0v) is 16.6. The number of esters is 1. The maximum Gasteiger partial charge on any atom is 0.324 e. The van der Waals surface area contributed by atoms with Crippen LogP contribution in [0.15, 0.2) is 0 Å². The molecule has 0 aromatic carbocycles. The normalized spacial score (nSPS) is 32.5. The highest BCUT2D eigenvalue weighted by atomic mass is 32.2. The average Bonchev–Trinajstić information content (AvgIpc) is 3.31. The van der Waals surface area contributed by atoms with E-state index in [1.54, 1.807) is 23.6 Å². The number of hydrazine groups is 1. The molecule has 2 aliphatic heterocycles. The molecule has 26 heavy (non-hydrogen) atoms. The van der Waals surface area contributed by atoms with Gasteiger partial charge in [-0.2, -0.15) is 0 Å². The van der Waals surface area contributed by atoms with Crippen molar-refractivity contribution >= 4 is 23.6 Å². The van der Waals surface area contributed by atoms with Crippen molar-refractivity contribution in [1.82, 2.24) is 21.1 Å². The molecule has 148 valence electrons. The van der Waals surface area contributed by atoms with E-state index in [1.807, 2.05) is 6.92 Å². The minimum absolute atomic E-state index is 0.0249. The largest absolute Gasteiger partial charge is 0.463 e. The molecular formula is C18H32N4O3S. The highest BCUT2D eigenvalue weighted by Crippen LogP contribution is 2.30. The summed E-state index contributed by atoms with van der Waals surface area (Å²) >= 11 is 1.69. The van der Waals surface area contributed by atoms with Gasteiger partial charge >= 0.3 is 5.97 Å². The Morgan fingerprint density at radius 2 is 1.96 bits per heavy atom. The van der Waals surface area contributed by atoms with Crippen molar-refractivity contribution in [3.63, 3.8) is 0 Å². The first kappa shape index (κ1) is 19.9. The molecule has 1 amide bonds. The van der Waals surface area contributed by atoms with Gasteiger partial charge < -0.3 is 9.64 Å². The molecule has 2 saturated heterocycles. The second kappa shape index (κ2) is 9.39. The van der Waals surface area contributed by atoms with E-state index in [2.05, 4.69) is 16.2 Å². The average molecular weight is 385 g/mol. The number of hydrogen-bond donors (Lipinski definition) is 3. The Bertz CT molecular complexity index is 501. The summed E-state index contributed by atoms with van der Waals surface area (Å²) in [6.45, 7) is 4.58. The zero-order chi connectivity index (χ0) is 18.5. The number of hydrogen-bond acceptors (Lipinski definition) is 7. The summed E-state index contributed by atoms with van der Waals surface area (Å²) in [4.78, 5) is 25.8. The molecule has 1 aliphatic carbocycles. The second-order valence-electron chi connectivity index (χ2n) is 7.57. The van der Waals surface area contributed by atoms with Crippen LogP contribution in [0.5, 0.6) is 0 Å². The quantitative estimate of drug-likeness (QED) is 0.594. The monoisotopic (exact) mass is 384 g/mol. The van der Waals surface area contributed by atoms with Gasteiger partial charge in [-0.15, -0.1) is 11.8 Å². The number of nitrogens with zero attached hydrogens (tertiary/aromatic N) is 1. The number of nitrogens with one attached hydrogen (secondary N) is 3. The molecule has 3 N–H and O–H groups in total. The third-order valence-electron chi connectivity index (χ3n) is 5.72. The summed E-state index contributed by atoms with van der Waals surface area (Å²) < 4.78 is 5.55. The Kier molecular flexibility index (Phi) is 7.19. The van der Waals surface area contributed by atoms with Crippen LogP contribution in [0.2, 0.25) is 0 Å². The maximum atomic E-state index is 12.4. The Labute approximate surface area is 160 Å².